The summed E-state index contributed by atoms with van der Waals surface area (Å²) in [5.41, 5.74) is 3.04. The first-order valence-electron chi connectivity index (χ1n) is 9.53. The lowest BCUT2D eigenvalue weighted by Crippen LogP contribution is -2.30. The van der Waals surface area contributed by atoms with Gasteiger partial charge in [0.15, 0.2) is 0 Å². The molecule has 0 aliphatic heterocycles. The zero-order valence-corrected chi connectivity index (χ0v) is 15.6. The molecule has 1 amide bonds. The van der Waals surface area contributed by atoms with E-state index in [1.54, 1.807) is 6.20 Å². The van der Waals surface area contributed by atoms with Crippen molar-refractivity contribution in [3.63, 3.8) is 0 Å². The van der Waals surface area contributed by atoms with Gasteiger partial charge in [-0.2, -0.15) is 5.10 Å². The third-order valence-corrected chi connectivity index (χ3v) is 4.71. The van der Waals surface area contributed by atoms with E-state index in [0.29, 0.717) is 12.8 Å². The third-order valence-electron chi connectivity index (χ3n) is 4.71. The number of carbonyl (C=O) groups is 1. The summed E-state index contributed by atoms with van der Waals surface area (Å²) in [6.07, 6.45) is 5.53. The molecule has 0 saturated carbocycles. The number of rotatable bonds is 8. The Bertz CT molecular complexity index is 990. The molecule has 2 aromatic carbocycles. The van der Waals surface area contributed by atoms with Gasteiger partial charge in [-0.25, -0.2) is 4.98 Å². The topological polar surface area (TPSA) is 75.6 Å². The maximum atomic E-state index is 12.6. The fraction of sp³-hybridized carbons (Fsp3) is 0.227. The van der Waals surface area contributed by atoms with Crippen molar-refractivity contribution < 1.29 is 4.79 Å². The number of fused-ring (bicyclic) bond motifs is 1. The second-order valence-electron chi connectivity index (χ2n) is 6.82. The Morgan fingerprint density at radius 3 is 2.68 bits per heavy atom. The number of aromatic amines is 1. The highest BCUT2D eigenvalue weighted by Gasteiger charge is 2.19. The zero-order valence-electron chi connectivity index (χ0n) is 15.6. The summed E-state index contributed by atoms with van der Waals surface area (Å²) >= 11 is 0. The van der Waals surface area contributed by atoms with Crippen molar-refractivity contribution in [3.8, 4) is 0 Å². The number of H-pyrrole nitrogens is 1. The number of aromatic nitrogens is 4. The highest BCUT2D eigenvalue weighted by molar-refractivity contribution is 5.77. The van der Waals surface area contributed by atoms with Crippen LogP contribution in [0.1, 0.15) is 30.3 Å². The number of hydrogen-bond acceptors (Lipinski definition) is 3. The van der Waals surface area contributed by atoms with Gasteiger partial charge >= 0.3 is 0 Å². The lowest BCUT2D eigenvalue weighted by molar-refractivity contribution is -0.122. The number of carbonyl (C=O) groups excluding carboxylic acids is 1. The number of imidazole rings is 1. The first-order chi connectivity index (χ1) is 13.8. The van der Waals surface area contributed by atoms with E-state index in [1.165, 1.54) is 0 Å². The largest absolute Gasteiger partial charge is 0.346 e. The molecule has 0 spiro atoms. The molecule has 0 aliphatic rings. The summed E-state index contributed by atoms with van der Waals surface area (Å²) in [5.74, 6) is 0.805. The van der Waals surface area contributed by atoms with E-state index in [1.807, 2.05) is 59.4 Å². The number of amides is 1. The normalized spacial score (nSPS) is 12.1. The molecule has 0 bridgehead atoms. The van der Waals surface area contributed by atoms with E-state index in [2.05, 4.69) is 27.5 Å². The van der Waals surface area contributed by atoms with Gasteiger partial charge in [0.05, 0.1) is 17.1 Å². The average molecular weight is 373 g/mol. The quantitative estimate of drug-likeness (QED) is 0.495. The lowest BCUT2D eigenvalue weighted by Gasteiger charge is -2.17. The fourth-order valence-electron chi connectivity index (χ4n) is 3.30. The Hall–Kier alpha value is -3.41. The van der Waals surface area contributed by atoms with Crippen molar-refractivity contribution in [3.05, 3.63) is 84.4 Å². The molecule has 28 heavy (non-hydrogen) atoms. The molecule has 1 atom stereocenters. The predicted molar refractivity (Wildman–Crippen MR) is 109 cm³/mol. The van der Waals surface area contributed by atoms with Gasteiger partial charge in [-0.1, -0.05) is 42.5 Å². The second-order valence-corrected chi connectivity index (χ2v) is 6.82. The minimum atomic E-state index is -0.202. The van der Waals surface area contributed by atoms with E-state index < -0.39 is 0 Å². The van der Waals surface area contributed by atoms with Gasteiger partial charge in [-0.05, 0) is 36.6 Å². The van der Waals surface area contributed by atoms with Gasteiger partial charge < -0.3 is 10.3 Å². The van der Waals surface area contributed by atoms with Crippen molar-refractivity contribution in [1.82, 2.24) is 25.1 Å². The molecule has 142 valence electrons. The standard InChI is InChI=1S/C22H23N5O/c28-21(12-6-14-27-15-7-13-23-27)24-20(16-17-8-2-1-3-9-17)22-25-18-10-4-5-11-19(18)26-22/h1-5,7-11,13,15,20H,6,12,14,16H2,(H,24,28)(H,25,26). The fourth-order valence-corrected chi connectivity index (χ4v) is 3.30. The molecule has 2 N–H and O–H groups in total. The molecule has 0 saturated heterocycles. The lowest BCUT2D eigenvalue weighted by atomic mass is 10.1. The number of hydrogen-bond donors (Lipinski definition) is 2. The summed E-state index contributed by atoms with van der Waals surface area (Å²) < 4.78 is 1.84. The molecule has 0 aliphatic carbocycles. The molecule has 2 aromatic heterocycles. The van der Waals surface area contributed by atoms with Crippen LogP contribution in [0, 0.1) is 0 Å². The maximum Gasteiger partial charge on any atom is 0.220 e. The van der Waals surface area contributed by atoms with Crippen molar-refractivity contribution in [2.24, 2.45) is 0 Å². The van der Waals surface area contributed by atoms with Gasteiger partial charge in [-0.15, -0.1) is 0 Å². The van der Waals surface area contributed by atoms with Crippen LogP contribution in [0.3, 0.4) is 0 Å². The van der Waals surface area contributed by atoms with Crippen LogP contribution in [-0.4, -0.2) is 25.7 Å². The van der Waals surface area contributed by atoms with Crippen LogP contribution in [-0.2, 0) is 17.8 Å². The Labute approximate surface area is 163 Å². The maximum absolute atomic E-state index is 12.6. The van der Waals surface area contributed by atoms with Gasteiger partial charge in [-0.3, -0.25) is 9.48 Å². The molecule has 2 heterocycles. The molecular weight excluding hydrogens is 350 g/mol. The highest BCUT2D eigenvalue weighted by Crippen LogP contribution is 2.20. The monoisotopic (exact) mass is 373 g/mol. The van der Waals surface area contributed by atoms with Gasteiger partial charge in [0.25, 0.3) is 0 Å². The summed E-state index contributed by atoms with van der Waals surface area (Å²) in [7, 11) is 0. The molecule has 0 fully saturated rings. The molecule has 4 rings (SSSR count). The molecule has 4 aromatic rings. The Kier molecular flexibility index (Phi) is 5.47. The molecule has 0 radical (unpaired) electrons. The SMILES string of the molecule is O=C(CCCn1cccn1)NC(Cc1ccccc1)c1nc2ccccc2[nH]1. The molecule has 1 unspecified atom stereocenters. The van der Waals surface area contributed by atoms with E-state index in [9.17, 15) is 4.79 Å². The van der Waals surface area contributed by atoms with Crippen LogP contribution >= 0.6 is 0 Å². The summed E-state index contributed by atoms with van der Waals surface area (Å²) in [4.78, 5) is 20.6. The Morgan fingerprint density at radius 2 is 1.89 bits per heavy atom. The second kappa shape index (κ2) is 8.52. The van der Waals surface area contributed by atoms with E-state index >= 15 is 0 Å². The van der Waals surface area contributed by atoms with Crippen LogP contribution in [0.15, 0.2) is 73.1 Å². The van der Waals surface area contributed by atoms with Crippen molar-refractivity contribution in [1.29, 1.82) is 0 Å². The van der Waals surface area contributed by atoms with Crippen LogP contribution in [0.2, 0.25) is 0 Å². The Balaban J connectivity index is 1.46. The first kappa shape index (κ1) is 18.0. The third kappa shape index (κ3) is 4.46. The highest BCUT2D eigenvalue weighted by atomic mass is 16.1. The van der Waals surface area contributed by atoms with Crippen LogP contribution in [0.25, 0.3) is 11.0 Å². The molecule has 6 nitrogen and oxygen atoms in total. The number of nitrogens with one attached hydrogen (secondary N) is 2. The van der Waals surface area contributed by atoms with Crippen molar-refractivity contribution >= 4 is 16.9 Å². The van der Waals surface area contributed by atoms with Gasteiger partial charge in [0.1, 0.15) is 5.82 Å². The smallest absolute Gasteiger partial charge is 0.220 e. The Morgan fingerprint density at radius 1 is 1.07 bits per heavy atom. The van der Waals surface area contributed by atoms with E-state index in [-0.39, 0.29) is 11.9 Å². The first-order valence-corrected chi connectivity index (χ1v) is 9.53. The number of benzene rings is 2. The van der Waals surface area contributed by atoms with Gasteiger partial charge in [0.2, 0.25) is 5.91 Å². The van der Waals surface area contributed by atoms with Crippen molar-refractivity contribution in [2.45, 2.75) is 31.8 Å². The number of aryl methyl sites for hydroxylation is 1. The summed E-state index contributed by atoms with van der Waals surface area (Å²) in [6, 6.07) is 19.8. The van der Waals surface area contributed by atoms with Crippen molar-refractivity contribution in [2.75, 3.05) is 0 Å². The van der Waals surface area contributed by atoms with Gasteiger partial charge in [0, 0.05) is 25.4 Å². The average Bonchev–Trinajstić information content (AvgIpc) is 3.38. The molecular formula is C22H23N5O. The van der Waals surface area contributed by atoms with E-state index in [0.717, 1.165) is 35.4 Å². The summed E-state index contributed by atoms with van der Waals surface area (Å²) in [6.45, 7) is 0.731. The minimum Gasteiger partial charge on any atom is -0.346 e. The van der Waals surface area contributed by atoms with Crippen LogP contribution < -0.4 is 5.32 Å². The minimum absolute atomic E-state index is 0.0218. The number of nitrogens with zero attached hydrogens (tertiary/aromatic N) is 3. The van der Waals surface area contributed by atoms with Crippen LogP contribution in [0.4, 0.5) is 0 Å². The van der Waals surface area contributed by atoms with Crippen LogP contribution in [0.5, 0.6) is 0 Å². The van der Waals surface area contributed by atoms with E-state index in [4.69, 9.17) is 4.98 Å². The molecule has 6 heteroatoms. The summed E-state index contributed by atoms with van der Waals surface area (Å²) in [5, 5.41) is 7.33. The number of para-hydroxylation sites is 2. The zero-order chi connectivity index (χ0) is 19.2. The predicted octanol–water partition coefficient (Wildman–Crippen LogP) is 3.64.